The number of esters is 1. The van der Waals surface area contributed by atoms with Gasteiger partial charge in [0, 0.05) is 13.0 Å². The number of amides is 2. The van der Waals surface area contributed by atoms with Gasteiger partial charge in [-0.1, -0.05) is 58.3 Å². The van der Waals surface area contributed by atoms with Gasteiger partial charge in [0.25, 0.3) is 5.91 Å². The van der Waals surface area contributed by atoms with Crippen LogP contribution in [0.4, 0.5) is 0 Å². The molecule has 0 aromatic carbocycles. The molecule has 0 spiro atoms. The summed E-state index contributed by atoms with van der Waals surface area (Å²) in [6.45, 7) is 3.32. The van der Waals surface area contributed by atoms with Crippen LogP contribution in [0, 0.1) is 0 Å². The van der Waals surface area contributed by atoms with Crippen LogP contribution in [0.5, 0.6) is 0 Å². The molecule has 0 aliphatic carbocycles. The molecule has 0 aromatic rings. The van der Waals surface area contributed by atoms with E-state index in [2.05, 4.69) is 17.6 Å². The number of aliphatic hydroxyl groups is 6. The molecule has 6 atom stereocenters. The quantitative estimate of drug-likeness (QED) is 0.0583. The molecule has 0 radical (unpaired) electrons. The van der Waals surface area contributed by atoms with Crippen molar-refractivity contribution in [3.63, 3.8) is 0 Å². The molecule has 0 fully saturated rings. The molecule has 2 amide bonds. The number of carbonyl (C=O) groups excluding carboxylic acids is 3. The van der Waals surface area contributed by atoms with E-state index in [1.54, 1.807) is 6.92 Å². The van der Waals surface area contributed by atoms with Gasteiger partial charge in [0.15, 0.2) is 6.10 Å². The van der Waals surface area contributed by atoms with E-state index in [0.717, 1.165) is 19.3 Å². The monoisotopic (exact) mass is 564 g/mol. The number of ether oxygens (including phenoxy) is 1. The SMILES string of the molecule is CCCCCCCCCCCC(=O)NCCCC[C@H](NC(=O)[C@H](O)[C@@H](O)[C@H](O)[C@H](O)[C@@H](O)CO)C(=O)OCC. The lowest BCUT2D eigenvalue weighted by atomic mass is 9.98. The van der Waals surface area contributed by atoms with E-state index in [0.29, 0.717) is 25.8 Å². The highest BCUT2D eigenvalue weighted by atomic mass is 16.5. The molecule has 12 heteroatoms. The van der Waals surface area contributed by atoms with Gasteiger partial charge < -0.3 is 46.0 Å². The largest absolute Gasteiger partial charge is 0.464 e. The van der Waals surface area contributed by atoms with Crippen molar-refractivity contribution >= 4 is 17.8 Å². The maximum Gasteiger partial charge on any atom is 0.328 e. The first-order chi connectivity index (χ1) is 18.6. The fourth-order valence-electron chi connectivity index (χ4n) is 4.01. The summed E-state index contributed by atoms with van der Waals surface area (Å²) in [4.78, 5) is 36.7. The Labute approximate surface area is 232 Å². The van der Waals surface area contributed by atoms with Crippen molar-refractivity contribution in [3.05, 3.63) is 0 Å². The smallest absolute Gasteiger partial charge is 0.328 e. The molecular formula is C27H52N2O10. The fraction of sp³-hybridized carbons (Fsp3) is 0.889. The van der Waals surface area contributed by atoms with Crippen molar-refractivity contribution in [3.8, 4) is 0 Å². The van der Waals surface area contributed by atoms with Gasteiger partial charge in [0.2, 0.25) is 5.91 Å². The molecule has 0 heterocycles. The molecule has 39 heavy (non-hydrogen) atoms. The lowest BCUT2D eigenvalue weighted by molar-refractivity contribution is -0.160. The second-order valence-electron chi connectivity index (χ2n) is 9.90. The molecule has 0 aromatic heterocycles. The first-order valence-electron chi connectivity index (χ1n) is 14.3. The molecular weight excluding hydrogens is 512 g/mol. The van der Waals surface area contributed by atoms with E-state index in [4.69, 9.17) is 9.84 Å². The van der Waals surface area contributed by atoms with Crippen molar-refractivity contribution in [1.29, 1.82) is 0 Å². The summed E-state index contributed by atoms with van der Waals surface area (Å²) in [6, 6.07) is -1.15. The number of carbonyl (C=O) groups is 3. The number of aliphatic hydroxyl groups excluding tert-OH is 6. The van der Waals surface area contributed by atoms with E-state index in [-0.39, 0.29) is 18.9 Å². The third-order valence-electron chi connectivity index (χ3n) is 6.51. The van der Waals surface area contributed by atoms with Crippen LogP contribution in [-0.2, 0) is 19.1 Å². The summed E-state index contributed by atoms with van der Waals surface area (Å²) in [5.74, 6) is -1.98. The average molecular weight is 565 g/mol. The molecule has 230 valence electrons. The molecule has 0 saturated heterocycles. The summed E-state index contributed by atoms with van der Waals surface area (Å²) < 4.78 is 4.95. The third-order valence-corrected chi connectivity index (χ3v) is 6.51. The maximum atomic E-state index is 12.4. The van der Waals surface area contributed by atoms with Crippen molar-refractivity contribution in [2.45, 2.75) is 134 Å². The highest BCUT2D eigenvalue weighted by Gasteiger charge is 2.38. The minimum atomic E-state index is -2.24. The Morgan fingerprint density at radius 2 is 1.33 bits per heavy atom. The molecule has 0 aliphatic rings. The first kappa shape index (κ1) is 37.2. The Morgan fingerprint density at radius 3 is 1.90 bits per heavy atom. The van der Waals surface area contributed by atoms with Gasteiger partial charge >= 0.3 is 5.97 Å². The zero-order valence-corrected chi connectivity index (χ0v) is 23.6. The summed E-state index contributed by atoms with van der Waals surface area (Å²) >= 11 is 0. The van der Waals surface area contributed by atoms with Crippen LogP contribution in [0.2, 0.25) is 0 Å². The Morgan fingerprint density at radius 1 is 0.744 bits per heavy atom. The van der Waals surface area contributed by atoms with Crippen molar-refractivity contribution in [2.24, 2.45) is 0 Å². The maximum absolute atomic E-state index is 12.4. The van der Waals surface area contributed by atoms with Crippen LogP contribution in [0.3, 0.4) is 0 Å². The Bertz CT molecular complexity index is 666. The average Bonchev–Trinajstić information content (AvgIpc) is 2.93. The van der Waals surface area contributed by atoms with E-state index in [9.17, 15) is 39.9 Å². The summed E-state index contributed by atoms with van der Waals surface area (Å²) in [5.41, 5.74) is 0. The third kappa shape index (κ3) is 16.8. The van der Waals surface area contributed by atoms with Gasteiger partial charge in [-0.15, -0.1) is 0 Å². The number of unbranched alkanes of at least 4 members (excludes halogenated alkanes) is 9. The van der Waals surface area contributed by atoms with Crippen LogP contribution < -0.4 is 10.6 Å². The van der Waals surface area contributed by atoms with Crippen LogP contribution in [0.1, 0.15) is 97.3 Å². The molecule has 12 nitrogen and oxygen atoms in total. The summed E-state index contributed by atoms with van der Waals surface area (Å²) in [6.07, 6.45) is 1.72. The number of nitrogens with one attached hydrogen (secondary N) is 2. The van der Waals surface area contributed by atoms with Gasteiger partial charge in [0.1, 0.15) is 30.5 Å². The Hall–Kier alpha value is -1.83. The Balaban J connectivity index is 4.40. The minimum absolute atomic E-state index is 0.0302. The molecule has 0 unspecified atom stereocenters. The second kappa shape index (κ2) is 22.9. The molecule has 0 rings (SSSR count). The van der Waals surface area contributed by atoms with Gasteiger partial charge in [-0.25, -0.2) is 4.79 Å². The summed E-state index contributed by atoms with van der Waals surface area (Å²) in [7, 11) is 0. The van der Waals surface area contributed by atoms with E-state index < -0.39 is 55.0 Å². The molecule has 0 bridgehead atoms. The van der Waals surface area contributed by atoms with Crippen LogP contribution in [0.15, 0.2) is 0 Å². The minimum Gasteiger partial charge on any atom is -0.464 e. The second-order valence-corrected chi connectivity index (χ2v) is 9.90. The highest BCUT2D eigenvalue weighted by molar-refractivity contribution is 5.87. The predicted molar refractivity (Wildman–Crippen MR) is 144 cm³/mol. The topological polar surface area (TPSA) is 206 Å². The standard InChI is InChI=1S/C27H52N2O10/c1-3-5-6-7-8-9-10-11-12-16-21(32)28-17-14-13-15-19(27(38)39-4-2)29-26(37)25(36)24(35)23(34)22(33)20(31)18-30/h19-20,22-25,30-31,33-36H,3-18H2,1-2H3,(H,28,32)(H,29,37)/t19-,20-,22+,23+,24-,25+/m0/s1. The van der Waals surface area contributed by atoms with E-state index in [1.807, 2.05) is 0 Å². The number of hydrogen-bond donors (Lipinski definition) is 8. The first-order valence-corrected chi connectivity index (χ1v) is 14.3. The molecule has 0 aliphatic heterocycles. The van der Waals surface area contributed by atoms with Crippen LogP contribution in [0.25, 0.3) is 0 Å². The van der Waals surface area contributed by atoms with Gasteiger partial charge in [-0.05, 0) is 32.6 Å². The lowest BCUT2D eigenvalue weighted by Gasteiger charge is -2.28. The van der Waals surface area contributed by atoms with Gasteiger partial charge in [-0.2, -0.15) is 0 Å². The van der Waals surface area contributed by atoms with Crippen molar-refractivity contribution < 1.29 is 49.8 Å². The van der Waals surface area contributed by atoms with Gasteiger partial charge in [-0.3, -0.25) is 9.59 Å². The predicted octanol–water partition coefficient (Wildman–Crippen LogP) is 0.0385. The highest BCUT2D eigenvalue weighted by Crippen LogP contribution is 2.12. The van der Waals surface area contributed by atoms with E-state index >= 15 is 0 Å². The van der Waals surface area contributed by atoms with Crippen LogP contribution in [-0.4, -0.2) is 105 Å². The number of hydrogen-bond acceptors (Lipinski definition) is 10. The zero-order valence-electron chi connectivity index (χ0n) is 23.6. The van der Waals surface area contributed by atoms with Crippen LogP contribution >= 0.6 is 0 Å². The Kier molecular flexibility index (Phi) is 21.9. The van der Waals surface area contributed by atoms with Crippen molar-refractivity contribution in [1.82, 2.24) is 10.6 Å². The molecule has 8 N–H and O–H groups in total. The van der Waals surface area contributed by atoms with E-state index in [1.165, 1.54) is 38.5 Å². The lowest BCUT2D eigenvalue weighted by Crippen LogP contribution is -2.56. The zero-order chi connectivity index (χ0) is 29.6. The normalized spacial score (nSPS) is 16.0. The summed E-state index contributed by atoms with van der Waals surface area (Å²) in [5, 5.41) is 63.0. The van der Waals surface area contributed by atoms with Crippen molar-refractivity contribution in [2.75, 3.05) is 19.8 Å². The molecule has 0 saturated carbocycles. The fourth-order valence-corrected chi connectivity index (χ4v) is 4.01. The number of rotatable bonds is 24. The van der Waals surface area contributed by atoms with Gasteiger partial charge in [0.05, 0.1) is 13.2 Å².